The summed E-state index contributed by atoms with van der Waals surface area (Å²) in [4.78, 5) is 12.6. The molecule has 1 fully saturated rings. The molecule has 0 heterocycles. The van der Waals surface area contributed by atoms with Crippen LogP contribution in [0.3, 0.4) is 0 Å². The second kappa shape index (κ2) is 9.59. The Bertz CT molecular complexity index is 608. The van der Waals surface area contributed by atoms with Crippen LogP contribution in [-0.4, -0.2) is 19.0 Å². The SMILES string of the molecule is Cl.NC[C@H]1CCC[C@H]1C(=O)NCC(c1ccccc1)c1ccccc1. The van der Waals surface area contributed by atoms with E-state index in [1.54, 1.807) is 0 Å². The van der Waals surface area contributed by atoms with Gasteiger partial charge in [-0.2, -0.15) is 0 Å². The molecule has 2 atom stereocenters. The average molecular weight is 359 g/mol. The number of amides is 1. The maximum atomic E-state index is 12.6. The van der Waals surface area contributed by atoms with Crippen LogP contribution in [0.15, 0.2) is 60.7 Å². The monoisotopic (exact) mass is 358 g/mol. The van der Waals surface area contributed by atoms with E-state index in [1.165, 1.54) is 11.1 Å². The maximum absolute atomic E-state index is 12.6. The van der Waals surface area contributed by atoms with Crippen LogP contribution in [0.5, 0.6) is 0 Å². The number of nitrogens with one attached hydrogen (secondary N) is 1. The topological polar surface area (TPSA) is 55.1 Å². The van der Waals surface area contributed by atoms with Gasteiger partial charge in [0.05, 0.1) is 0 Å². The minimum atomic E-state index is 0. The average Bonchev–Trinajstić information content (AvgIpc) is 3.12. The van der Waals surface area contributed by atoms with E-state index in [1.807, 2.05) is 12.1 Å². The molecule has 1 amide bonds. The number of hydrogen-bond donors (Lipinski definition) is 2. The van der Waals surface area contributed by atoms with Crippen molar-refractivity contribution in [2.45, 2.75) is 25.2 Å². The van der Waals surface area contributed by atoms with E-state index in [2.05, 4.69) is 53.8 Å². The highest BCUT2D eigenvalue weighted by molar-refractivity contribution is 5.85. The first-order valence-electron chi connectivity index (χ1n) is 8.87. The second-order valence-corrected chi connectivity index (χ2v) is 6.65. The van der Waals surface area contributed by atoms with E-state index >= 15 is 0 Å². The lowest BCUT2D eigenvalue weighted by Gasteiger charge is -2.22. The quantitative estimate of drug-likeness (QED) is 0.826. The molecule has 0 saturated heterocycles. The molecular formula is C21H27ClN2O. The minimum absolute atomic E-state index is 0. The molecule has 3 nitrogen and oxygen atoms in total. The van der Waals surface area contributed by atoms with Gasteiger partial charge in [0.25, 0.3) is 0 Å². The molecule has 1 saturated carbocycles. The number of benzene rings is 2. The van der Waals surface area contributed by atoms with E-state index in [9.17, 15) is 4.79 Å². The predicted molar refractivity (Wildman–Crippen MR) is 105 cm³/mol. The molecule has 25 heavy (non-hydrogen) atoms. The van der Waals surface area contributed by atoms with E-state index in [0.29, 0.717) is 19.0 Å². The first kappa shape index (κ1) is 19.5. The van der Waals surface area contributed by atoms with Gasteiger partial charge in [0, 0.05) is 18.4 Å². The van der Waals surface area contributed by atoms with Gasteiger partial charge in [-0.1, -0.05) is 67.1 Å². The van der Waals surface area contributed by atoms with E-state index in [4.69, 9.17) is 5.73 Å². The Balaban J connectivity index is 0.00000225. The Hall–Kier alpha value is -1.84. The molecule has 0 aromatic heterocycles. The number of halogens is 1. The molecule has 0 radical (unpaired) electrons. The van der Waals surface area contributed by atoms with Crippen molar-refractivity contribution >= 4 is 18.3 Å². The summed E-state index contributed by atoms with van der Waals surface area (Å²) in [6.07, 6.45) is 3.16. The molecule has 3 rings (SSSR count). The van der Waals surface area contributed by atoms with Crippen molar-refractivity contribution in [2.24, 2.45) is 17.6 Å². The van der Waals surface area contributed by atoms with Crippen molar-refractivity contribution in [3.8, 4) is 0 Å². The van der Waals surface area contributed by atoms with Gasteiger partial charge >= 0.3 is 0 Å². The van der Waals surface area contributed by atoms with Crippen LogP contribution in [0.1, 0.15) is 36.3 Å². The lowest BCUT2D eigenvalue weighted by atomic mass is 9.90. The lowest BCUT2D eigenvalue weighted by molar-refractivity contribution is -0.125. The van der Waals surface area contributed by atoms with Crippen molar-refractivity contribution < 1.29 is 4.79 Å². The summed E-state index contributed by atoms with van der Waals surface area (Å²) < 4.78 is 0. The zero-order chi connectivity index (χ0) is 16.8. The molecule has 0 aliphatic heterocycles. The van der Waals surface area contributed by atoms with Gasteiger partial charge in [0.1, 0.15) is 0 Å². The lowest BCUT2D eigenvalue weighted by Crippen LogP contribution is -2.37. The number of hydrogen-bond acceptors (Lipinski definition) is 2. The highest BCUT2D eigenvalue weighted by Crippen LogP contribution is 2.31. The van der Waals surface area contributed by atoms with Crippen LogP contribution in [0.4, 0.5) is 0 Å². The summed E-state index contributed by atoms with van der Waals surface area (Å²) in [5.41, 5.74) is 8.28. The molecule has 134 valence electrons. The van der Waals surface area contributed by atoms with Gasteiger partial charge in [0.15, 0.2) is 0 Å². The number of rotatable bonds is 6. The van der Waals surface area contributed by atoms with Crippen molar-refractivity contribution in [1.82, 2.24) is 5.32 Å². The number of nitrogens with two attached hydrogens (primary N) is 1. The van der Waals surface area contributed by atoms with Gasteiger partial charge in [-0.15, -0.1) is 12.4 Å². The molecule has 0 unspecified atom stereocenters. The van der Waals surface area contributed by atoms with E-state index in [0.717, 1.165) is 19.3 Å². The summed E-state index contributed by atoms with van der Waals surface area (Å²) in [5.74, 6) is 0.771. The van der Waals surface area contributed by atoms with Crippen molar-refractivity contribution in [2.75, 3.05) is 13.1 Å². The van der Waals surface area contributed by atoms with Gasteiger partial charge in [-0.05, 0) is 36.4 Å². The van der Waals surface area contributed by atoms with Crippen LogP contribution in [-0.2, 0) is 4.79 Å². The first-order chi connectivity index (χ1) is 11.8. The molecule has 4 heteroatoms. The third-order valence-electron chi connectivity index (χ3n) is 5.18. The van der Waals surface area contributed by atoms with Crippen LogP contribution in [0.2, 0.25) is 0 Å². The molecule has 1 aliphatic rings. The maximum Gasteiger partial charge on any atom is 0.223 e. The Kier molecular flexibility index (Phi) is 7.48. The molecule has 0 spiro atoms. The minimum Gasteiger partial charge on any atom is -0.355 e. The molecule has 0 bridgehead atoms. The van der Waals surface area contributed by atoms with E-state index < -0.39 is 0 Å². The van der Waals surface area contributed by atoms with Crippen LogP contribution >= 0.6 is 12.4 Å². The summed E-state index contributed by atoms with van der Waals surface area (Å²) in [7, 11) is 0. The molecular weight excluding hydrogens is 332 g/mol. The van der Waals surface area contributed by atoms with Gasteiger partial charge in [-0.25, -0.2) is 0 Å². The van der Waals surface area contributed by atoms with Gasteiger partial charge in [-0.3, -0.25) is 4.79 Å². The predicted octanol–water partition coefficient (Wildman–Crippen LogP) is 3.73. The Morgan fingerprint density at radius 1 is 1.00 bits per heavy atom. The van der Waals surface area contributed by atoms with Crippen LogP contribution in [0, 0.1) is 11.8 Å². The smallest absolute Gasteiger partial charge is 0.223 e. The van der Waals surface area contributed by atoms with E-state index in [-0.39, 0.29) is 30.2 Å². The summed E-state index contributed by atoms with van der Waals surface area (Å²) in [6, 6.07) is 20.8. The fraction of sp³-hybridized carbons (Fsp3) is 0.381. The number of carbonyl (C=O) groups excluding carboxylic acids is 1. The molecule has 2 aromatic rings. The highest BCUT2D eigenvalue weighted by Gasteiger charge is 2.32. The summed E-state index contributed by atoms with van der Waals surface area (Å²) in [5, 5.41) is 3.19. The second-order valence-electron chi connectivity index (χ2n) is 6.65. The van der Waals surface area contributed by atoms with Crippen LogP contribution < -0.4 is 11.1 Å². The van der Waals surface area contributed by atoms with Gasteiger partial charge < -0.3 is 11.1 Å². The summed E-state index contributed by atoms with van der Waals surface area (Å²) in [6.45, 7) is 1.24. The zero-order valence-electron chi connectivity index (χ0n) is 14.4. The standard InChI is InChI=1S/C21H26N2O.ClH/c22-14-18-12-7-13-19(18)21(24)23-15-20(16-8-3-1-4-9-16)17-10-5-2-6-11-17;/h1-6,8-11,18-20H,7,12-15,22H2,(H,23,24);1H/t18-,19-;/m1./s1. The normalized spacial score (nSPS) is 19.4. The summed E-state index contributed by atoms with van der Waals surface area (Å²) >= 11 is 0. The molecule has 3 N–H and O–H groups in total. The first-order valence-corrected chi connectivity index (χ1v) is 8.87. The fourth-order valence-electron chi connectivity index (χ4n) is 3.80. The van der Waals surface area contributed by atoms with Gasteiger partial charge in [0.2, 0.25) is 5.91 Å². The largest absolute Gasteiger partial charge is 0.355 e. The fourth-order valence-corrected chi connectivity index (χ4v) is 3.80. The highest BCUT2D eigenvalue weighted by atomic mass is 35.5. The van der Waals surface area contributed by atoms with Crippen LogP contribution in [0.25, 0.3) is 0 Å². The third-order valence-corrected chi connectivity index (χ3v) is 5.18. The Morgan fingerprint density at radius 3 is 2.08 bits per heavy atom. The van der Waals surface area contributed by atoms with Crippen molar-refractivity contribution in [1.29, 1.82) is 0 Å². The molecule has 2 aromatic carbocycles. The Morgan fingerprint density at radius 2 is 1.56 bits per heavy atom. The Labute approximate surface area is 156 Å². The van der Waals surface area contributed by atoms with Crippen molar-refractivity contribution in [3.63, 3.8) is 0 Å². The van der Waals surface area contributed by atoms with Crippen molar-refractivity contribution in [3.05, 3.63) is 71.8 Å². The number of carbonyl (C=O) groups is 1. The third kappa shape index (κ3) is 4.83. The molecule has 1 aliphatic carbocycles. The zero-order valence-corrected chi connectivity index (χ0v) is 15.3.